The lowest BCUT2D eigenvalue weighted by molar-refractivity contribution is 0.661. The largest absolute Gasteiger partial charge is 0.319 e. The van der Waals surface area contributed by atoms with Crippen LogP contribution in [0.1, 0.15) is 55.5 Å². The number of para-hydroxylation sites is 4. The zero-order valence-electron chi connectivity index (χ0n) is 44.8. The van der Waals surface area contributed by atoms with Gasteiger partial charge in [-0.25, -0.2) is 4.85 Å². The van der Waals surface area contributed by atoms with Crippen LogP contribution in [0.15, 0.2) is 243 Å². The summed E-state index contributed by atoms with van der Waals surface area (Å²) < 4.78 is 4.51. The molecule has 2 aliphatic carbocycles. The van der Waals surface area contributed by atoms with Gasteiger partial charge in [0.1, 0.15) is 6.07 Å². The average Bonchev–Trinajstić information content (AvgIpc) is 4.19. The lowest BCUT2D eigenvalue weighted by atomic mass is 9.82. The van der Waals surface area contributed by atoms with Crippen LogP contribution in [-0.4, -0.2) is 9.13 Å². The fraction of sp³-hybridized carbons (Fsp3) is 0.0811. The molecule has 0 atom stereocenters. The SMILES string of the molecule is [C-]#[N+]c1cc(-n2c3cc(N(c4ccccc4)c4ccccc4)ccc3c3cc4c(cc32)C(C)(C)c2ccccc2-4)c(C#N)cc1-n1c2cc(N(c3ccccc3)c3ccccc3)ccc2c2cc3c(cc21)C(C)(C)c1ccccc1-3. The first-order chi connectivity index (χ1) is 39.1. The van der Waals surface area contributed by atoms with Crippen molar-refractivity contribution in [2.75, 3.05) is 9.80 Å². The molecule has 0 spiro atoms. The summed E-state index contributed by atoms with van der Waals surface area (Å²) in [5.41, 5.74) is 21.5. The number of rotatable bonds is 8. The second kappa shape index (κ2) is 17.6. The van der Waals surface area contributed by atoms with E-state index in [1.165, 1.54) is 44.5 Å². The quantitative estimate of drug-likeness (QED) is 0.143. The highest BCUT2D eigenvalue weighted by Gasteiger charge is 2.38. The van der Waals surface area contributed by atoms with E-state index in [1.54, 1.807) is 0 Å². The zero-order valence-corrected chi connectivity index (χ0v) is 44.8. The molecule has 0 fully saturated rings. The molecule has 0 aliphatic heterocycles. The second-order valence-electron chi connectivity index (χ2n) is 22.3. The van der Waals surface area contributed by atoms with Gasteiger partial charge in [-0.15, -0.1) is 0 Å². The van der Waals surface area contributed by atoms with E-state index in [9.17, 15) is 11.8 Å². The summed E-state index contributed by atoms with van der Waals surface area (Å²) in [5, 5.41) is 16.0. The number of fused-ring (bicyclic) bond motifs is 12. The lowest BCUT2D eigenvalue weighted by Crippen LogP contribution is -2.15. The summed E-state index contributed by atoms with van der Waals surface area (Å²) in [6.07, 6.45) is 0. The van der Waals surface area contributed by atoms with Gasteiger partial charge in [-0.1, -0.05) is 161 Å². The number of aromatic nitrogens is 2. The highest BCUT2D eigenvalue weighted by Crippen LogP contribution is 2.54. The van der Waals surface area contributed by atoms with Crippen LogP contribution in [0, 0.1) is 17.9 Å². The van der Waals surface area contributed by atoms with Crippen LogP contribution in [-0.2, 0) is 10.8 Å². The Balaban J connectivity index is 1.02. The Morgan fingerprint density at radius 3 is 1.14 bits per heavy atom. The molecule has 0 N–H and O–H groups in total. The molecule has 6 heteroatoms. The van der Waals surface area contributed by atoms with Crippen LogP contribution in [0.4, 0.5) is 39.8 Å². The summed E-state index contributed by atoms with van der Waals surface area (Å²) in [6.45, 7) is 18.4. The average molecular weight is 1030 g/mol. The summed E-state index contributed by atoms with van der Waals surface area (Å²) in [7, 11) is 0. The van der Waals surface area contributed by atoms with E-state index in [1.807, 2.05) is 36.4 Å². The van der Waals surface area contributed by atoms with Gasteiger partial charge in [-0.05, 0) is 154 Å². The summed E-state index contributed by atoms with van der Waals surface area (Å²) in [4.78, 5) is 9.02. The summed E-state index contributed by atoms with van der Waals surface area (Å²) >= 11 is 0. The van der Waals surface area contributed by atoms with Crippen molar-refractivity contribution in [3.8, 4) is 39.7 Å². The van der Waals surface area contributed by atoms with Crippen LogP contribution in [0.5, 0.6) is 0 Å². The molecule has 0 saturated heterocycles. The molecule has 11 aromatic carbocycles. The molecular weight excluding hydrogens is 973 g/mol. The lowest BCUT2D eigenvalue weighted by Gasteiger charge is -2.26. The Hall–Kier alpha value is -10.4. The van der Waals surface area contributed by atoms with Crippen molar-refractivity contribution >= 4 is 83.4 Å². The minimum absolute atomic E-state index is 0.281. The van der Waals surface area contributed by atoms with Gasteiger partial charge in [0, 0.05) is 66.5 Å². The van der Waals surface area contributed by atoms with E-state index in [0.29, 0.717) is 22.6 Å². The van der Waals surface area contributed by atoms with Gasteiger partial charge in [0.15, 0.2) is 0 Å². The first-order valence-corrected chi connectivity index (χ1v) is 27.3. The van der Waals surface area contributed by atoms with Crippen molar-refractivity contribution in [1.82, 2.24) is 9.13 Å². The van der Waals surface area contributed by atoms with E-state index in [-0.39, 0.29) is 10.8 Å². The van der Waals surface area contributed by atoms with Gasteiger partial charge < -0.3 is 18.9 Å². The number of nitrogens with zero attached hydrogens (tertiary/aromatic N) is 6. The Morgan fingerprint density at radius 1 is 0.362 bits per heavy atom. The third kappa shape index (κ3) is 6.83. The van der Waals surface area contributed by atoms with Gasteiger partial charge in [-0.3, -0.25) is 0 Å². The number of anilines is 6. The third-order valence-electron chi connectivity index (χ3n) is 17.3. The first kappa shape index (κ1) is 46.9. The molecule has 80 heavy (non-hydrogen) atoms. The molecule has 378 valence electrons. The van der Waals surface area contributed by atoms with Crippen molar-refractivity contribution in [2.45, 2.75) is 38.5 Å². The number of hydrogen-bond acceptors (Lipinski definition) is 3. The molecular formula is C74H52N6. The van der Waals surface area contributed by atoms with Crippen molar-refractivity contribution in [1.29, 1.82) is 5.26 Å². The predicted molar refractivity (Wildman–Crippen MR) is 331 cm³/mol. The van der Waals surface area contributed by atoms with Crippen LogP contribution >= 0.6 is 0 Å². The van der Waals surface area contributed by atoms with Crippen molar-refractivity contribution in [3.63, 3.8) is 0 Å². The van der Waals surface area contributed by atoms with Crippen LogP contribution in [0.3, 0.4) is 0 Å². The maximum atomic E-state index is 11.8. The normalized spacial score (nSPS) is 13.4. The minimum atomic E-state index is -0.282. The molecule has 15 rings (SSSR count). The number of benzene rings is 11. The van der Waals surface area contributed by atoms with E-state index >= 15 is 0 Å². The Kier molecular flexibility index (Phi) is 10.3. The Labute approximate surface area is 465 Å². The van der Waals surface area contributed by atoms with Gasteiger partial charge >= 0.3 is 0 Å². The standard InChI is InChI=1S/C74H52N6/c1-73(2)62-32-20-18-30-54(62)58-41-60-56-36-34-52(77(48-22-10-6-11-23-48)49-24-12-7-13-25-49)39-68(56)79(70(60)43-64(58)73)67-45-66(76-5)72(38-47(67)46-75)80-69-40-53(78(50-26-14-8-15-27-50)51-28-16-9-17-29-51)35-37-57(69)61-42-59-55-31-19-21-33-63(55)74(3,4)65(59)44-71(61)80/h6-45H,1-4H3. The third-order valence-corrected chi connectivity index (χ3v) is 17.3. The monoisotopic (exact) mass is 1020 g/mol. The van der Waals surface area contributed by atoms with Crippen LogP contribution < -0.4 is 9.80 Å². The van der Waals surface area contributed by atoms with Gasteiger partial charge in [-0.2, -0.15) is 5.26 Å². The second-order valence-corrected chi connectivity index (χ2v) is 22.3. The number of hydrogen-bond donors (Lipinski definition) is 0. The molecule has 13 aromatic rings. The van der Waals surface area contributed by atoms with E-state index < -0.39 is 0 Å². The summed E-state index contributed by atoms with van der Waals surface area (Å²) in [5.74, 6) is 0. The smallest absolute Gasteiger partial charge is 0.212 e. The summed E-state index contributed by atoms with van der Waals surface area (Å²) in [6, 6.07) is 88.9. The molecule has 2 aromatic heterocycles. The molecule has 6 nitrogen and oxygen atoms in total. The van der Waals surface area contributed by atoms with Gasteiger partial charge in [0.05, 0.1) is 45.6 Å². The topological polar surface area (TPSA) is 44.5 Å². The zero-order chi connectivity index (χ0) is 54.0. The van der Waals surface area contributed by atoms with Gasteiger partial charge in [0.25, 0.3) is 0 Å². The van der Waals surface area contributed by atoms with Crippen molar-refractivity contribution < 1.29 is 0 Å². The molecule has 0 radical (unpaired) electrons. The maximum Gasteiger partial charge on any atom is 0.212 e. The van der Waals surface area contributed by atoms with E-state index in [4.69, 9.17) is 0 Å². The highest BCUT2D eigenvalue weighted by molar-refractivity contribution is 6.15. The fourth-order valence-electron chi connectivity index (χ4n) is 13.5. The van der Waals surface area contributed by atoms with Crippen LogP contribution in [0.2, 0.25) is 0 Å². The van der Waals surface area contributed by atoms with E-state index in [2.05, 4.69) is 264 Å². The van der Waals surface area contributed by atoms with E-state index in [0.717, 1.165) is 77.7 Å². The molecule has 0 bridgehead atoms. The first-order valence-electron chi connectivity index (χ1n) is 27.3. The van der Waals surface area contributed by atoms with Gasteiger partial charge in [0.2, 0.25) is 5.69 Å². The Morgan fingerprint density at radius 2 is 0.738 bits per heavy atom. The van der Waals surface area contributed by atoms with Crippen molar-refractivity contribution in [3.05, 3.63) is 282 Å². The molecule has 2 heterocycles. The maximum absolute atomic E-state index is 11.8. The minimum Gasteiger partial charge on any atom is -0.319 e. The molecule has 2 aliphatic rings. The van der Waals surface area contributed by atoms with Crippen molar-refractivity contribution in [2.24, 2.45) is 0 Å². The number of nitriles is 1. The molecule has 0 unspecified atom stereocenters. The molecule has 0 saturated carbocycles. The van der Waals surface area contributed by atoms with Crippen LogP contribution in [0.25, 0.3) is 82.1 Å². The highest BCUT2D eigenvalue weighted by atomic mass is 15.2. The fourth-order valence-corrected chi connectivity index (χ4v) is 13.5. The Bertz CT molecular complexity index is 4400. The molecule has 0 amide bonds. The predicted octanol–water partition coefficient (Wildman–Crippen LogP) is 19.9.